The molecule has 0 radical (unpaired) electrons. The molecule has 1 heterocycles. The number of urea groups is 1. The second-order valence-corrected chi connectivity index (χ2v) is 7.42. The fraction of sp³-hybridized carbons (Fsp3) is 0.588. The van der Waals surface area contributed by atoms with E-state index >= 15 is 0 Å². The minimum absolute atomic E-state index is 0.0549. The largest absolute Gasteiger partial charge is 0.328 e. The second-order valence-electron chi connectivity index (χ2n) is 7.42. The lowest BCUT2D eigenvalue weighted by Gasteiger charge is -2.54. The van der Waals surface area contributed by atoms with Gasteiger partial charge in [0.15, 0.2) is 0 Å². The Bertz CT molecular complexity index is 501. The van der Waals surface area contributed by atoms with Crippen molar-refractivity contribution in [3.8, 4) is 0 Å². The van der Waals surface area contributed by atoms with E-state index in [9.17, 15) is 4.79 Å². The molecule has 0 bridgehead atoms. The molecule has 1 aromatic rings. The molecule has 0 aliphatic carbocycles. The van der Waals surface area contributed by atoms with E-state index in [1.165, 1.54) is 5.56 Å². The van der Waals surface area contributed by atoms with E-state index < -0.39 is 0 Å². The van der Waals surface area contributed by atoms with Crippen molar-refractivity contribution in [1.29, 1.82) is 0 Å². The minimum Gasteiger partial charge on any atom is -0.328 e. The van der Waals surface area contributed by atoms with Gasteiger partial charge < -0.3 is 16.0 Å². The van der Waals surface area contributed by atoms with Crippen LogP contribution in [0.4, 0.5) is 10.5 Å². The Morgan fingerprint density at radius 3 is 2.10 bits per heavy atom. The lowest BCUT2D eigenvalue weighted by molar-refractivity contribution is 0.00877. The summed E-state index contributed by atoms with van der Waals surface area (Å²) in [4.78, 5) is 14.7. The molecule has 0 atom stereocenters. The standard InChI is InChI=1S/C17H27N3O/c1-12-6-8-14(9-7-12)19-15(21)20-16(2,3)10-13(18)11-17(20,4)5/h6-9,13H,10-11,18H2,1-5H3,(H,19,21). The van der Waals surface area contributed by atoms with Gasteiger partial charge in [-0.05, 0) is 59.6 Å². The van der Waals surface area contributed by atoms with E-state index in [0.29, 0.717) is 0 Å². The summed E-state index contributed by atoms with van der Waals surface area (Å²) in [5.41, 5.74) is 7.66. The molecule has 1 fully saturated rings. The van der Waals surface area contributed by atoms with Gasteiger partial charge in [0.1, 0.15) is 0 Å². The highest BCUT2D eigenvalue weighted by Gasteiger charge is 2.46. The van der Waals surface area contributed by atoms with Crippen molar-refractivity contribution in [3.05, 3.63) is 29.8 Å². The Hall–Kier alpha value is -1.55. The number of piperidine rings is 1. The monoisotopic (exact) mass is 289 g/mol. The van der Waals surface area contributed by atoms with Gasteiger partial charge in [-0.15, -0.1) is 0 Å². The number of nitrogens with two attached hydrogens (primary N) is 1. The van der Waals surface area contributed by atoms with Crippen LogP contribution in [0.3, 0.4) is 0 Å². The van der Waals surface area contributed by atoms with Crippen LogP contribution in [0.1, 0.15) is 46.1 Å². The summed E-state index contributed by atoms with van der Waals surface area (Å²) < 4.78 is 0. The molecule has 3 N–H and O–H groups in total. The number of anilines is 1. The number of amides is 2. The molecular weight excluding hydrogens is 262 g/mol. The van der Waals surface area contributed by atoms with Gasteiger partial charge in [0.25, 0.3) is 0 Å². The maximum absolute atomic E-state index is 12.8. The molecule has 1 aliphatic rings. The predicted molar refractivity (Wildman–Crippen MR) is 87.4 cm³/mol. The van der Waals surface area contributed by atoms with Crippen molar-refractivity contribution in [3.63, 3.8) is 0 Å². The van der Waals surface area contributed by atoms with E-state index in [1.807, 2.05) is 36.1 Å². The fourth-order valence-corrected chi connectivity index (χ4v) is 3.72. The average molecular weight is 289 g/mol. The first-order valence-corrected chi connectivity index (χ1v) is 7.55. The lowest BCUT2D eigenvalue weighted by atomic mass is 9.77. The summed E-state index contributed by atoms with van der Waals surface area (Å²) in [7, 11) is 0. The molecule has 4 heteroatoms. The predicted octanol–water partition coefficient (Wildman–Crippen LogP) is 3.51. The number of aryl methyl sites for hydroxylation is 1. The summed E-state index contributed by atoms with van der Waals surface area (Å²) in [6.07, 6.45) is 1.63. The smallest absolute Gasteiger partial charge is 0.322 e. The summed E-state index contributed by atoms with van der Waals surface area (Å²) in [5, 5.41) is 3.01. The molecule has 2 rings (SSSR count). The first-order valence-electron chi connectivity index (χ1n) is 7.55. The lowest BCUT2D eigenvalue weighted by Crippen LogP contribution is -2.66. The van der Waals surface area contributed by atoms with Gasteiger partial charge in [0.05, 0.1) is 0 Å². The first-order chi connectivity index (χ1) is 9.62. The van der Waals surface area contributed by atoms with Crippen LogP contribution >= 0.6 is 0 Å². The van der Waals surface area contributed by atoms with Gasteiger partial charge in [0.2, 0.25) is 0 Å². The Balaban J connectivity index is 2.21. The van der Waals surface area contributed by atoms with Crippen molar-refractivity contribution in [2.24, 2.45) is 5.73 Å². The highest BCUT2D eigenvalue weighted by atomic mass is 16.2. The number of nitrogens with one attached hydrogen (secondary N) is 1. The average Bonchev–Trinajstić information content (AvgIpc) is 2.27. The molecule has 1 saturated heterocycles. The van der Waals surface area contributed by atoms with Gasteiger partial charge in [0, 0.05) is 22.8 Å². The summed E-state index contributed by atoms with van der Waals surface area (Å²) in [6, 6.07) is 7.95. The van der Waals surface area contributed by atoms with Crippen LogP contribution in [-0.4, -0.2) is 28.1 Å². The Morgan fingerprint density at radius 2 is 1.62 bits per heavy atom. The third kappa shape index (κ3) is 3.38. The van der Waals surface area contributed by atoms with Crippen molar-refractivity contribution < 1.29 is 4.79 Å². The summed E-state index contributed by atoms with van der Waals surface area (Å²) >= 11 is 0. The van der Waals surface area contributed by atoms with Crippen LogP contribution in [0.2, 0.25) is 0 Å². The molecule has 0 saturated carbocycles. The normalized spacial score (nSPS) is 21.1. The summed E-state index contributed by atoms with van der Waals surface area (Å²) in [6.45, 7) is 10.4. The number of hydrogen-bond donors (Lipinski definition) is 2. The van der Waals surface area contributed by atoms with E-state index in [0.717, 1.165) is 18.5 Å². The second kappa shape index (κ2) is 5.34. The van der Waals surface area contributed by atoms with Crippen LogP contribution in [0.5, 0.6) is 0 Å². The fourth-order valence-electron chi connectivity index (χ4n) is 3.72. The van der Waals surface area contributed by atoms with Gasteiger partial charge in [-0.2, -0.15) is 0 Å². The van der Waals surface area contributed by atoms with Crippen LogP contribution in [0, 0.1) is 6.92 Å². The highest BCUT2D eigenvalue weighted by molar-refractivity contribution is 5.90. The number of carbonyl (C=O) groups excluding carboxylic acids is 1. The molecule has 21 heavy (non-hydrogen) atoms. The van der Waals surface area contributed by atoms with Crippen LogP contribution in [0.15, 0.2) is 24.3 Å². The quantitative estimate of drug-likeness (QED) is 0.831. The SMILES string of the molecule is Cc1ccc(NC(=O)N2C(C)(C)CC(N)CC2(C)C)cc1. The minimum atomic E-state index is -0.254. The zero-order valence-corrected chi connectivity index (χ0v) is 13.7. The third-order valence-corrected chi connectivity index (χ3v) is 4.24. The van der Waals surface area contributed by atoms with E-state index in [2.05, 4.69) is 33.0 Å². The third-order valence-electron chi connectivity index (χ3n) is 4.24. The molecule has 1 aromatic carbocycles. The van der Waals surface area contributed by atoms with Crippen molar-refractivity contribution in [2.75, 3.05) is 5.32 Å². The number of carbonyl (C=O) groups is 1. The van der Waals surface area contributed by atoms with Gasteiger partial charge >= 0.3 is 6.03 Å². The van der Waals surface area contributed by atoms with Crippen molar-refractivity contribution in [1.82, 2.24) is 4.90 Å². The molecular formula is C17H27N3O. The maximum atomic E-state index is 12.8. The number of rotatable bonds is 1. The molecule has 0 aromatic heterocycles. The Kier molecular flexibility index (Phi) is 4.02. The maximum Gasteiger partial charge on any atom is 0.322 e. The van der Waals surface area contributed by atoms with Crippen LogP contribution in [-0.2, 0) is 0 Å². The van der Waals surface area contributed by atoms with E-state index in [-0.39, 0.29) is 23.2 Å². The van der Waals surface area contributed by atoms with Crippen molar-refractivity contribution in [2.45, 2.75) is 64.6 Å². The zero-order valence-electron chi connectivity index (χ0n) is 13.7. The van der Waals surface area contributed by atoms with E-state index in [1.54, 1.807) is 0 Å². The molecule has 2 amide bonds. The van der Waals surface area contributed by atoms with Gasteiger partial charge in [-0.25, -0.2) is 4.79 Å². The first kappa shape index (κ1) is 15.8. The number of likely N-dealkylation sites (tertiary alicyclic amines) is 1. The topological polar surface area (TPSA) is 58.4 Å². The van der Waals surface area contributed by atoms with Gasteiger partial charge in [-0.3, -0.25) is 0 Å². The molecule has 1 aliphatic heterocycles. The molecule has 4 nitrogen and oxygen atoms in total. The zero-order chi connectivity index (χ0) is 15.8. The Morgan fingerprint density at radius 1 is 1.14 bits per heavy atom. The van der Waals surface area contributed by atoms with Crippen molar-refractivity contribution >= 4 is 11.7 Å². The Labute approximate surface area is 127 Å². The molecule has 0 unspecified atom stereocenters. The highest BCUT2D eigenvalue weighted by Crippen LogP contribution is 2.38. The van der Waals surface area contributed by atoms with Crippen LogP contribution in [0.25, 0.3) is 0 Å². The van der Waals surface area contributed by atoms with Crippen LogP contribution < -0.4 is 11.1 Å². The molecule has 0 spiro atoms. The number of nitrogens with zero attached hydrogens (tertiary/aromatic N) is 1. The molecule has 116 valence electrons. The summed E-state index contributed by atoms with van der Waals surface area (Å²) in [5.74, 6) is 0. The number of benzene rings is 1. The van der Waals surface area contributed by atoms with E-state index in [4.69, 9.17) is 5.73 Å². The number of hydrogen-bond acceptors (Lipinski definition) is 2. The van der Waals surface area contributed by atoms with Gasteiger partial charge in [-0.1, -0.05) is 17.7 Å².